The van der Waals surface area contributed by atoms with Gasteiger partial charge in [-0.3, -0.25) is 4.79 Å². The van der Waals surface area contributed by atoms with E-state index in [0.717, 1.165) is 4.90 Å². The van der Waals surface area contributed by atoms with Crippen molar-refractivity contribution >= 4 is 39.3 Å². The number of hydrogen-bond donors (Lipinski definition) is 1. The van der Waals surface area contributed by atoms with E-state index >= 15 is 0 Å². The molecule has 2 aliphatic rings. The average molecular weight is 420 g/mol. The minimum atomic E-state index is -3.64. The average Bonchev–Trinajstić information content (AvgIpc) is 2.84. The highest BCUT2D eigenvalue weighted by Gasteiger charge is 2.30. The topological polar surface area (TPSA) is 95.5 Å². The first-order chi connectivity index (χ1) is 13.4. The van der Waals surface area contributed by atoms with Crippen LogP contribution in [-0.4, -0.2) is 60.0 Å². The van der Waals surface area contributed by atoms with Gasteiger partial charge in [-0.2, -0.15) is 4.31 Å². The van der Waals surface area contributed by atoms with E-state index < -0.39 is 10.0 Å². The molecule has 4 rings (SSSR count). The number of sulfonamides is 1. The van der Waals surface area contributed by atoms with Gasteiger partial charge in [0.1, 0.15) is 0 Å². The zero-order chi connectivity index (χ0) is 19.7. The highest BCUT2D eigenvalue weighted by molar-refractivity contribution is 8.00. The second kappa shape index (κ2) is 7.69. The van der Waals surface area contributed by atoms with Gasteiger partial charge in [-0.1, -0.05) is 6.92 Å². The molecule has 1 saturated heterocycles. The number of anilines is 2. The van der Waals surface area contributed by atoms with Crippen molar-refractivity contribution in [2.75, 3.05) is 36.4 Å². The van der Waals surface area contributed by atoms with Crippen LogP contribution in [0.3, 0.4) is 0 Å². The molecule has 1 N–H and O–H groups in total. The Morgan fingerprint density at radius 3 is 2.57 bits per heavy atom. The van der Waals surface area contributed by atoms with Gasteiger partial charge in [-0.05, 0) is 24.3 Å². The Labute approximate surface area is 168 Å². The SMILES string of the molecule is C[C@H]1CC(=O)Nc2cc(S(=O)(=O)N3CCN(c4ncccn4)CC3)ccc2S1. The van der Waals surface area contributed by atoms with E-state index in [1.807, 2.05) is 11.8 Å². The molecule has 1 amide bonds. The zero-order valence-corrected chi connectivity index (χ0v) is 17.0. The van der Waals surface area contributed by atoms with E-state index in [1.165, 1.54) is 4.31 Å². The molecule has 0 bridgehead atoms. The molecule has 2 aliphatic heterocycles. The van der Waals surface area contributed by atoms with Crippen molar-refractivity contribution in [2.45, 2.75) is 28.4 Å². The van der Waals surface area contributed by atoms with Crippen LogP contribution < -0.4 is 10.2 Å². The fraction of sp³-hybridized carbons (Fsp3) is 0.389. The minimum Gasteiger partial charge on any atom is -0.338 e. The van der Waals surface area contributed by atoms with E-state index in [1.54, 1.807) is 48.4 Å². The minimum absolute atomic E-state index is 0.0928. The first-order valence-corrected chi connectivity index (χ1v) is 11.4. The number of carbonyl (C=O) groups excluding carboxylic acids is 1. The molecule has 0 spiro atoms. The number of hydrogen-bond acceptors (Lipinski definition) is 7. The predicted molar refractivity (Wildman–Crippen MR) is 108 cm³/mol. The maximum absolute atomic E-state index is 13.1. The third kappa shape index (κ3) is 3.85. The van der Waals surface area contributed by atoms with Gasteiger partial charge in [0.05, 0.1) is 10.6 Å². The number of amides is 1. The lowest BCUT2D eigenvalue weighted by Gasteiger charge is -2.34. The first kappa shape index (κ1) is 19.2. The molecule has 2 aromatic rings. The van der Waals surface area contributed by atoms with Crippen molar-refractivity contribution < 1.29 is 13.2 Å². The third-order valence-corrected chi connectivity index (χ3v) is 7.81. The van der Waals surface area contributed by atoms with Gasteiger partial charge >= 0.3 is 0 Å². The second-order valence-corrected chi connectivity index (χ2v) is 10.2. The second-order valence-electron chi connectivity index (χ2n) is 6.78. The van der Waals surface area contributed by atoms with Gasteiger partial charge in [0.15, 0.2) is 0 Å². The molecule has 3 heterocycles. The highest BCUT2D eigenvalue weighted by atomic mass is 32.2. The number of nitrogens with one attached hydrogen (secondary N) is 1. The number of fused-ring (bicyclic) bond motifs is 1. The van der Waals surface area contributed by atoms with E-state index in [2.05, 4.69) is 15.3 Å². The Balaban J connectivity index is 1.52. The highest BCUT2D eigenvalue weighted by Crippen LogP contribution is 2.36. The monoisotopic (exact) mass is 419 g/mol. The summed E-state index contributed by atoms with van der Waals surface area (Å²) in [7, 11) is -3.64. The number of rotatable bonds is 3. The van der Waals surface area contributed by atoms with Crippen LogP contribution in [0.1, 0.15) is 13.3 Å². The first-order valence-electron chi connectivity index (χ1n) is 9.06. The lowest BCUT2D eigenvalue weighted by molar-refractivity contribution is -0.116. The van der Waals surface area contributed by atoms with Crippen LogP contribution in [0, 0.1) is 0 Å². The molecule has 8 nitrogen and oxygen atoms in total. The number of aromatic nitrogens is 2. The van der Waals surface area contributed by atoms with Gasteiger partial charge < -0.3 is 10.2 Å². The zero-order valence-electron chi connectivity index (χ0n) is 15.4. The Kier molecular flexibility index (Phi) is 5.26. The standard InChI is InChI=1S/C18H21N5O3S2/c1-13-11-17(24)21-15-12-14(3-4-16(15)27-13)28(25,26)23-9-7-22(8-10-23)18-19-5-2-6-20-18/h2-6,12-13H,7-11H2,1H3,(H,21,24)/t13-/m0/s1. The quantitative estimate of drug-likeness (QED) is 0.811. The van der Waals surface area contributed by atoms with Crippen LogP contribution in [0.15, 0.2) is 46.5 Å². The summed E-state index contributed by atoms with van der Waals surface area (Å²) >= 11 is 1.58. The predicted octanol–water partition coefficient (Wildman–Crippen LogP) is 1.81. The van der Waals surface area contributed by atoms with Crippen molar-refractivity contribution in [1.82, 2.24) is 14.3 Å². The maximum Gasteiger partial charge on any atom is 0.243 e. The van der Waals surface area contributed by atoms with Gasteiger partial charge in [0.2, 0.25) is 21.9 Å². The molecule has 0 saturated carbocycles. The van der Waals surface area contributed by atoms with Gasteiger partial charge in [0, 0.05) is 55.1 Å². The number of thioether (sulfide) groups is 1. The Bertz CT molecular complexity index is 976. The van der Waals surface area contributed by atoms with Crippen LogP contribution in [0.4, 0.5) is 11.6 Å². The molecule has 0 radical (unpaired) electrons. The molecule has 1 aromatic heterocycles. The van der Waals surface area contributed by atoms with E-state index in [-0.39, 0.29) is 16.1 Å². The molecule has 28 heavy (non-hydrogen) atoms. The Morgan fingerprint density at radius 2 is 1.86 bits per heavy atom. The van der Waals surface area contributed by atoms with Gasteiger partial charge in [-0.15, -0.1) is 11.8 Å². The number of benzene rings is 1. The molecule has 1 atom stereocenters. The van der Waals surface area contributed by atoms with E-state index in [9.17, 15) is 13.2 Å². The summed E-state index contributed by atoms with van der Waals surface area (Å²) in [5, 5.41) is 2.98. The summed E-state index contributed by atoms with van der Waals surface area (Å²) in [5.41, 5.74) is 0.566. The largest absolute Gasteiger partial charge is 0.338 e. The normalized spacial score (nSPS) is 21.0. The number of piperazine rings is 1. The molecule has 0 aliphatic carbocycles. The van der Waals surface area contributed by atoms with Crippen LogP contribution in [0.2, 0.25) is 0 Å². The van der Waals surface area contributed by atoms with Crippen molar-refractivity contribution in [1.29, 1.82) is 0 Å². The number of carbonyl (C=O) groups is 1. The molecule has 10 heteroatoms. The molecule has 1 aromatic carbocycles. The lowest BCUT2D eigenvalue weighted by atomic mass is 10.3. The van der Waals surface area contributed by atoms with E-state index in [4.69, 9.17) is 0 Å². The fourth-order valence-electron chi connectivity index (χ4n) is 3.32. The molecular weight excluding hydrogens is 398 g/mol. The Morgan fingerprint density at radius 1 is 1.14 bits per heavy atom. The summed E-state index contributed by atoms with van der Waals surface area (Å²) < 4.78 is 27.7. The fourth-order valence-corrected chi connectivity index (χ4v) is 5.82. The van der Waals surface area contributed by atoms with Crippen molar-refractivity contribution in [2.24, 2.45) is 0 Å². The summed E-state index contributed by atoms with van der Waals surface area (Å²) in [4.78, 5) is 23.5. The summed E-state index contributed by atoms with van der Waals surface area (Å²) in [6.07, 6.45) is 3.76. The van der Waals surface area contributed by atoms with Crippen molar-refractivity contribution in [3.63, 3.8) is 0 Å². The summed E-state index contributed by atoms with van der Waals surface area (Å²) in [5.74, 6) is 0.517. The molecule has 148 valence electrons. The van der Waals surface area contributed by atoms with Crippen molar-refractivity contribution in [3.8, 4) is 0 Å². The molecule has 0 unspecified atom stereocenters. The maximum atomic E-state index is 13.1. The molecular formula is C18H21N5O3S2. The summed E-state index contributed by atoms with van der Waals surface area (Å²) in [6, 6.07) is 6.72. The van der Waals surface area contributed by atoms with E-state index in [0.29, 0.717) is 44.2 Å². The van der Waals surface area contributed by atoms with Crippen LogP contribution in [-0.2, 0) is 14.8 Å². The smallest absolute Gasteiger partial charge is 0.243 e. The van der Waals surface area contributed by atoms with Gasteiger partial charge in [0.25, 0.3) is 0 Å². The van der Waals surface area contributed by atoms with Crippen LogP contribution in [0.25, 0.3) is 0 Å². The molecule has 1 fully saturated rings. The Hall–Kier alpha value is -2.17. The van der Waals surface area contributed by atoms with Gasteiger partial charge in [-0.25, -0.2) is 18.4 Å². The number of nitrogens with zero attached hydrogens (tertiary/aromatic N) is 4. The van der Waals surface area contributed by atoms with Crippen molar-refractivity contribution in [3.05, 3.63) is 36.7 Å². The third-order valence-electron chi connectivity index (χ3n) is 4.74. The lowest BCUT2D eigenvalue weighted by Crippen LogP contribution is -2.49. The van der Waals surface area contributed by atoms with Crippen LogP contribution >= 0.6 is 11.8 Å². The van der Waals surface area contributed by atoms with Crippen LogP contribution in [0.5, 0.6) is 0 Å². The summed E-state index contributed by atoms with van der Waals surface area (Å²) in [6.45, 7) is 3.75.